The third-order valence-electron chi connectivity index (χ3n) is 5.09. The monoisotopic (exact) mass is 531 g/mol. The smallest absolute Gasteiger partial charge is 0.216 e. The number of hydrogen-bond acceptors (Lipinski definition) is 5. The highest BCUT2D eigenvalue weighted by molar-refractivity contribution is 14.0. The van der Waals surface area contributed by atoms with Crippen molar-refractivity contribution in [3.05, 3.63) is 0 Å². The van der Waals surface area contributed by atoms with Crippen molar-refractivity contribution in [2.45, 2.75) is 45.8 Å². The first kappa shape index (κ1) is 25.9. The standard InChI is InChI=1S/C18H37N5O3S.HI/c1-5-21(17-6-7-17)9-8-20-18(19-4)22-10-12-23(13-11-22)27(24,25)15-14-26-16(2)3;/h16-17H,5-15H2,1-4H3,(H,19,20);1H. The summed E-state index contributed by atoms with van der Waals surface area (Å²) < 4.78 is 31.8. The van der Waals surface area contributed by atoms with Crippen molar-refractivity contribution < 1.29 is 13.2 Å². The lowest BCUT2D eigenvalue weighted by Crippen LogP contribution is -2.54. The summed E-state index contributed by atoms with van der Waals surface area (Å²) in [5.74, 6) is 0.911. The Morgan fingerprint density at radius 3 is 2.39 bits per heavy atom. The van der Waals surface area contributed by atoms with Gasteiger partial charge in [-0.25, -0.2) is 8.42 Å². The molecule has 2 rings (SSSR count). The van der Waals surface area contributed by atoms with E-state index in [1.54, 1.807) is 11.4 Å². The lowest BCUT2D eigenvalue weighted by atomic mass is 10.4. The molecule has 1 aliphatic heterocycles. The number of aliphatic imine (C=N–C) groups is 1. The molecule has 1 saturated carbocycles. The molecule has 2 aliphatic rings. The highest BCUT2D eigenvalue weighted by atomic mass is 127. The van der Waals surface area contributed by atoms with Crippen molar-refractivity contribution in [2.24, 2.45) is 4.99 Å². The van der Waals surface area contributed by atoms with Crippen LogP contribution in [-0.4, -0.2) is 106 Å². The number of sulfonamides is 1. The second kappa shape index (κ2) is 12.5. The summed E-state index contributed by atoms with van der Waals surface area (Å²) in [7, 11) is -1.47. The van der Waals surface area contributed by atoms with E-state index in [9.17, 15) is 8.42 Å². The fraction of sp³-hybridized carbons (Fsp3) is 0.944. The van der Waals surface area contributed by atoms with Crippen LogP contribution in [0.5, 0.6) is 0 Å². The van der Waals surface area contributed by atoms with Gasteiger partial charge in [-0.2, -0.15) is 4.31 Å². The number of nitrogens with zero attached hydrogens (tertiary/aromatic N) is 4. The Morgan fingerprint density at radius 1 is 1.25 bits per heavy atom. The Morgan fingerprint density at radius 2 is 1.89 bits per heavy atom. The number of nitrogens with one attached hydrogen (secondary N) is 1. The van der Waals surface area contributed by atoms with E-state index < -0.39 is 10.0 Å². The minimum atomic E-state index is -3.25. The first-order chi connectivity index (χ1) is 12.9. The number of halogens is 1. The lowest BCUT2D eigenvalue weighted by molar-refractivity contribution is 0.0904. The third-order valence-corrected chi connectivity index (χ3v) is 6.92. The van der Waals surface area contributed by atoms with Crippen molar-refractivity contribution in [1.82, 2.24) is 19.4 Å². The molecule has 0 aromatic carbocycles. The molecule has 1 N–H and O–H groups in total. The van der Waals surface area contributed by atoms with Gasteiger partial charge in [-0.05, 0) is 33.2 Å². The molecule has 0 spiro atoms. The molecule has 0 unspecified atom stereocenters. The van der Waals surface area contributed by atoms with Crippen LogP contribution in [0, 0.1) is 0 Å². The van der Waals surface area contributed by atoms with Crippen molar-refractivity contribution in [3.8, 4) is 0 Å². The van der Waals surface area contributed by atoms with E-state index in [1.165, 1.54) is 12.8 Å². The van der Waals surface area contributed by atoms with Crippen LogP contribution in [0.3, 0.4) is 0 Å². The molecule has 0 amide bonds. The molecular formula is C18H38IN5O3S. The first-order valence-electron chi connectivity index (χ1n) is 10.2. The number of rotatable bonds is 10. The van der Waals surface area contributed by atoms with Crippen LogP contribution in [0.1, 0.15) is 33.6 Å². The van der Waals surface area contributed by atoms with Gasteiger partial charge in [-0.1, -0.05) is 6.92 Å². The summed E-state index contributed by atoms with van der Waals surface area (Å²) in [4.78, 5) is 9.02. The van der Waals surface area contributed by atoms with E-state index in [1.807, 2.05) is 13.8 Å². The largest absolute Gasteiger partial charge is 0.378 e. The highest BCUT2D eigenvalue weighted by Crippen LogP contribution is 2.25. The molecule has 8 nitrogen and oxygen atoms in total. The molecule has 0 atom stereocenters. The van der Waals surface area contributed by atoms with Gasteiger partial charge < -0.3 is 15.0 Å². The van der Waals surface area contributed by atoms with Gasteiger partial charge in [-0.3, -0.25) is 9.89 Å². The Bertz CT molecular complexity index is 576. The highest BCUT2D eigenvalue weighted by Gasteiger charge is 2.29. The van der Waals surface area contributed by atoms with Gasteiger partial charge in [0.05, 0.1) is 18.5 Å². The van der Waals surface area contributed by atoms with E-state index in [0.717, 1.165) is 31.6 Å². The minimum absolute atomic E-state index is 0. The van der Waals surface area contributed by atoms with E-state index in [0.29, 0.717) is 26.2 Å². The van der Waals surface area contributed by atoms with Crippen molar-refractivity contribution in [1.29, 1.82) is 0 Å². The minimum Gasteiger partial charge on any atom is -0.378 e. The van der Waals surface area contributed by atoms with Crippen LogP contribution in [0.25, 0.3) is 0 Å². The van der Waals surface area contributed by atoms with Crippen LogP contribution in [0.2, 0.25) is 0 Å². The molecule has 166 valence electrons. The molecule has 0 radical (unpaired) electrons. The molecule has 1 aliphatic carbocycles. The van der Waals surface area contributed by atoms with Crippen molar-refractivity contribution in [3.63, 3.8) is 0 Å². The second-order valence-electron chi connectivity index (χ2n) is 7.46. The molecule has 28 heavy (non-hydrogen) atoms. The van der Waals surface area contributed by atoms with Gasteiger partial charge in [0, 0.05) is 52.4 Å². The Hall–Kier alpha value is -0.170. The van der Waals surface area contributed by atoms with Gasteiger partial charge in [-0.15, -0.1) is 24.0 Å². The summed E-state index contributed by atoms with van der Waals surface area (Å²) in [6.45, 7) is 11.5. The van der Waals surface area contributed by atoms with Gasteiger partial charge in [0.15, 0.2) is 5.96 Å². The lowest BCUT2D eigenvalue weighted by Gasteiger charge is -2.36. The van der Waals surface area contributed by atoms with Crippen molar-refractivity contribution >= 4 is 40.0 Å². The van der Waals surface area contributed by atoms with E-state index in [2.05, 4.69) is 27.0 Å². The maximum atomic E-state index is 12.4. The third kappa shape index (κ3) is 8.29. The molecule has 1 saturated heterocycles. The topological polar surface area (TPSA) is 77.5 Å². The van der Waals surface area contributed by atoms with Crippen LogP contribution in [0.4, 0.5) is 0 Å². The van der Waals surface area contributed by atoms with E-state index >= 15 is 0 Å². The van der Waals surface area contributed by atoms with Crippen LogP contribution in [0.15, 0.2) is 4.99 Å². The summed E-state index contributed by atoms with van der Waals surface area (Å²) in [6.07, 6.45) is 2.69. The number of guanidine groups is 1. The van der Waals surface area contributed by atoms with Crippen LogP contribution in [-0.2, 0) is 14.8 Å². The maximum absolute atomic E-state index is 12.4. The van der Waals surface area contributed by atoms with Gasteiger partial charge in [0.1, 0.15) is 0 Å². The van der Waals surface area contributed by atoms with Crippen LogP contribution < -0.4 is 5.32 Å². The summed E-state index contributed by atoms with van der Waals surface area (Å²) >= 11 is 0. The fourth-order valence-corrected chi connectivity index (χ4v) is 4.66. The SMILES string of the molecule is CCN(CCNC(=NC)N1CCN(S(=O)(=O)CCOC(C)C)CC1)C1CC1.I. The fourth-order valence-electron chi connectivity index (χ4n) is 3.38. The molecule has 10 heteroatoms. The summed E-state index contributed by atoms with van der Waals surface area (Å²) in [5.41, 5.74) is 0. The van der Waals surface area contributed by atoms with Crippen molar-refractivity contribution in [2.75, 3.05) is 65.2 Å². The zero-order valence-electron chi connectivity index (χ0n) is 17.8. The number of piperazine rings is 1. The summed E-state index contributed by atoms with van der Waals surface area (Å²) in [5, 5.41) is 3.43. The molecular weight excluding hydrogens is 493 g/mol. The zero-order chi connectivity index (χ0) is 19.9. The number of hydrogen-bond donors (Lipinski definition) is 1. The molecule has 0 aromatic rings. The predicted molar refractivity (Wildman–Crippen MR) is 125 cm³/mol. The van der Waals surface area contributed by atoms with Gasteiger partial charge >= 0.3 is 0 Å². The Labute approximate surface area is 188 Å². The van der Waals surface area contributed by atoms with Crippen LogP contribution >= 0.6 is 24.0 Å². The predicted octanol–water partition coefficient (Wildman–Crippen LogP) is 1.04. The molecule has 1 heterocycles. The van der Waals surface area contributed by atoms with Gasteiger partial charge in [0.25, 0.3) is 0 Å². The summed E-state index contributed by atoms with van der Waals surface area (Å²) in [6, 6.07) is 0.771. The molecule has 0 aromatic heterocycles. The Balaban J connectivity index is 0.00000392. The second-order valence-corrected chi connectivity index (χ2v) is 9.54. The van der Waals surface area contributed by atoms with E-state index in [4.69, 9.17) is 4.74 Å². The zero-order valence-corrected chi connectivity index (χ0v) is 20.9. The average Bonchev–Trinajstić information content (AvgIpc) is 3.47. The normalized spacial score (nSPS) is 19.2. The van der Waals surface area contributed by atoms with E-state index in [-0.39, 0.29) is 42.4 Å². The maximum Gasteiger partial charge on any atom is 0.216 e. The molecule has 2 fully saturated rings. The Kier molecular flexibility index (Phi) is 11.6. The number of likely N-dealkylation sites (N-methyl/N-ethyl adjacent to an activating group) is 1. The number of ether oxygens (including phenoxy) is 1. The molecule has 0 bridgehead atoms. The van der Waals surface area contributed by atoms with Gasteiger partial charge in [0.2, 0.25) is 10.0 Å². The first-order valence-corrected chi connectivity index (χ1v) is 11.8. The average molecular weight is 532 g/mol. The quantitative estimate of drug-likeness (QED) is 0.258.